The maximum absolute atomic E-state index is 10.7. The Morgan fingerprint density at radius 2 is 2.28 bits per heavy atom. The van der Waals surface area contributed by atoms with Crippen molar-refractivity contribution in [2.75, 3.05) is 7.11 Å². The molecule has 0 aliphatic heterocycles. The highest BCUT2D eigenvalue weighted by Gasteiger charge is 2.07. The minimum atomic E-state index is -1.02. The SMILES string of the molecule is COc1ccc(Cn2ccc(C(=O)O)n2)cc1Br. The van der Waals surface area contributed by atoms with Crippen LogP contribution in [0, 0.1) is 0 Å². The molecule has 18 heavy (non-hydrogen) atoms. The molecule has 5 nitrogen and oxygen atoms in total. The second-order valence-corrected chi connectivity index (χ2v) is 4.53. The molecule has 0 amide bonds. The molecule has 2 rings (SSSR count). The van der Waals surface area contributed by atoms with Crippen molar-refractivity contribution in [1.82, 2.24) is 9.78 Å². The minimum Gasteiger partial charge on any atom is -0.496 e. The third kappa shape index (κ3) is 2.70. The number of carboxylic acids is 1. The zero-order chi connectivity index (χ0) is 13.1. The van der Waals surface area contributed by atoms with Crippen molar-refractivity contribution in [2.45, 2.75) is 6.54 Å². The van der Waals surface area contributed by atoms with E-state index in [2.05, 4.69) is 21.0 Å². The minimum absolute atomic E-state index is 0.0441. The number of halogens is 1. The molecule has 0 spiro atoms. The molecule has 94 valence electrons. The van der Waals surface area contributed by atoms with E-state index in [0.29, 0.717) is 6.54 Å². The molecule has 1 N–H and O–H groups in total. The molecule has 0 radical (unpaired) electrons. The van der Waals surface area contributed by atoms with Gasteiger partial charge in [0.25, 0.3) is 0 Å². The van der Waals surface area contributed by atoms with E-state index >= 15 is 0 Å². The predicted molar refractivity (Wildman–Crippen MR) is 69.0 cm³/mol. The van der Waals surface area contributed by atoms with Crippen molar-refractivity contribution < 1.29 is 14.6 Å². The average molecular weight is 311 g/mol. The summed E-state index contributed by atoms with van der Waals surface area (Å²) in [7, 11) is 1.60. The number of rotatable bonds is 4. The van der Waals surface area contributed by atoms with Crippen LogP contribution < -0.4 is 4.74 Å². The quantitative estimate of drug-likeness (QED) is 0.942. The van der Waals surface area contributed by atoms with Crippen LogP contribution in [0.2, 0.25) is 0 Å². The van der Waals surface area contributed by atoms with Crippen molar-refractivity contribution in [3.05, 3.63) is 46.2 Å². The van der Waals surface area contributed by atoms with Gasteiger partial charge in [0, 0.05) is 6.20 Å². The second kappa shape index (κ2) is 5.22. The summed E-state index contributed by atoms with van der Waals surface area (Å²) in [5, 5.41) is 12.7. The first kappa shape index (κ1) is 12.6. The van der Waals surface area contributed by atoms with E-state index in [9.17, 15) is 4.79 Å². The van der Waals surface area contributed by atoms with Crippen LogP contribution in [0.25, 0.3) is 0 Å². The first-order chi connectivity index (χ1) is 8.60. The van der Waals surface area contributed by atoms with Gasteiger partial charge < -0.3 is 9.84 Å². The van der Waals surface area contributed by atoms with Gasteiger partial charge in [-0.1, -0.05) is 6.07 Å². The summed E-state index contributed by atoms with van der Waals surface area (Å²) in [5.41, 5.74) is 1.05. The Hall–Kier alpha value is -1.82. The van der Waals surface area contributed by atoms with Gasteiger partial charge >= 0.3 is 5.97 Å². The maximum Gasteiger partial charge on any atom is 0.356 e. The number of nitrogens with zero attached hydrogens (tertiary/aromatic N) is 2. The van der Waals surface area contributed by atoms with Gasteiger partial charge in [0.15, 0.2) is 5.69 Å². The highest BCUT2D eigenvalue weighted by molar-refractivity contribution is 9.10. The number of carboxylic acid groups (broad SMARTS) is 1. The number of hydrogen-bond donors (Lipinski definition) is 1. The van der Waals surface area contributed by atoms with Gasteiger partial charge in [0.2, 0.25) is 0 Å². The van der Waals surface area contributed by atoms with Crippen LogP contribution in [0.4, 0.5) is 0 Å². The highest BCUT2D eigenvalue weighted by atomic mass is 79.9. The van der Waals surface area contributed by atoms with E-state index in [1.807, 2.05) is 18.2 Å². The number of aromatic nitrogens is 2. The van der Waals surface area contributed by atoms with Crippen LogP contribution >= 0.6 is 15.9 Å². The van der Waals surface area contributed by atoms with Crippen molar-refractivity contribution in [1.29, 1.82) is 0 Å². The Labute approximate surface area is 112 Å². The molecule has 0 fully saturated rings. The van der Waals surface area contributed by atoms with E-state index in [4.69, 9.17) is 9.84 Å². The van der Waals surface area contributed by atoms with Gasteiger partial charge in [-0.2, -0.15) is 5.10 Å². The third-order valence-electron chi connectivity index (χ3n) is 2.42. The monoisotopic (exact) mass is 310 g/mol. The fraction of sp³-hybridized carbons (Fsp3) is 0.167. The van der Waals surface area contributed by atoms with Crippen LogP contribution in [0.5, 0.6) is 5.75 Å². The van der Waals surface area contributed by atoms with E-state index in [0.717, 1.165) is 15.8 Å². The van der Waals surface area contributed by atoms with Crippen LogP contribution in [-0.2, 0) is 6.54 Å². The Kier molecular flexibility index (Phi) is 3.66. The zero-order valence-corrected chi connectivity index (χ0v) is 11.2. The van der Waals surface area contributed by atoms with E-state index in [1.54, 1.807) is 18.0 Å². The molecule has 0 saturated heterocycles. The number of hydrogen-bond acceptors (Lipinski definition) is 3. The Balaban J connectivity index is 2.18. The molecule has 6 heteroatoms. The summed E-state index contributed by atoms with van der Waals surface area (Å²) in [6.07, 6.45) is 1.64. The molecular weight excluding hydrogens is 300 g/mol. The Bertz CT molecular complexity index is 580. The summed E-state index contributed by atoms with van der Waals surface area (Å²) >= 11 is 3.40. The number of benzene rings is 1. The summed E-state index contributed by atoms with van der Waals surface area (Å²) in [6.45, 7) is 0.510. The lowest BCUT2D eigenvalue weighted by atomic mass is 10.2. The Morgan fingerprint density at radius 3 is 2.83 bits per heavy atom. The first-order valence-corrected chi connectivity index (χ1v) is 5.98. The van der Waals surface area contributed by atoms with Gasteiger partial charge in [0.05, 0.1) is 18.1 Å². The highest BCUT2D eigenvalue weighted by Crippen LogP contribution is 2.25. The van der Waals surface area contributed by atoms with Crippen LogP contribution in [0.15, 0.2) is 34.9 Å². The number of methoxy groups -OCH3 is 1. The summed E-state index contributed by atoms with van der Waals surface area (Å²) in [4.78, 5) is 10.7. The summed E-state index contributed by atoms with van der Waals surface area (Å²) in [6, 6.07) is 7.15. The molecular formula is C12H11BrN2O3. The lowest BCUT2D eigenvalue weighted by Crippen LogP contribution is -2.04. The van der Waals surface area contributed by atoms with Crippen molar-refractivity contribution in [3.8, 4) is 5.75 Å². The van der Waals surface area contributed by atoms with Gasteiger partial charge in [-0.05, 0) is 39.7 Å². The fourth-order valence-corrected chi connectivity index (χ4v) is 2.15. The standard InChI is InChI=1S/C12H11BrN2O3/c1-18-11-3-2-8(6-9(11)13)7-15-5-4-10(14-15)12(16)17/h2-6H,7H2,1H3,(H,16,17). The second-order valence-electron chi connectivity index (χ2n) is 3.67. The molecule has 0 atom stereocenters. The number of aromatic carboxylic acids is 1. The summed E-state index contributed by atoms with van der Waals surface area (Å²) < 4.78 is 7.57. The van der Waals surface area contributed by atoms with Crippen molar-refractivity contribution in [2.24, 2.45) is 0 Å². The van der Waals surface area contributed by atoms with E-state index in [-0.39, 0.29) is 5.69 Å². The topological polar surface area (TPSA) is 64.3 Å². The van der Waals surface area contributed by atoms with Crippen LogP contribution in [-0.4, -0.2) is 28.0 Å². The third-order valence-corrected chi connectivity index (χ3v) is 3.04. The van der Waals surface area contributed by atoms with E-state index < -0.39 is 5.97 Å². The maximum atomic E-state index is 10.7. The molecule has 0 saturated carbocycles. The average Bonchev–Trinajstić information content (AvgIpc) is 2.78. The van der Waals surface area contributed by atoms with Gasteiger partial charge in [0.1, 0.15) is 5.75 Å². The van der Waals surface area contributed by atoms with Crippen molar-refractivity contribution in [3.63, 3.8) is 0 Å². The molecule has 0 unspecified atom stereocenters. The first-order valence-electron chi connectivity index (χ1n) is 5.19. The van der Waals surface area contributed by atoms with Crippen molar-refractivity contribution >= 4 is 21.9 Å². The van der Waals surface area contributed by atoms with Gasteiger partial charge in [-0.15, -0.1) is 0 Å². The molecule has 1 aromatic heterocycles. The molecule has 2 aromatic rings. The lowest BCUT2D eigenvalue weighted by molar-refractivity contribution is 0.0689. The fourth-order valence-electron chi connectivity index (χ4n) is 1.56. The van der Waals surface area contributed by atoms with Crippen LogP contribution in [0.3, 0.4) is 0 Å². The lowest BCUT2D eigenvalue weighted by Gasteiger charge is -2.06. The molecule has 1 heterocycles. The Morgan fingerprint density at radius 1 is 1.50 bits per heavy atom. The zero-order valence-electron chi connectivity index (χ0n) is 9.63. The number of carbonyl (C=O) groups is 1. The largest absolute Gasteiger partial charge is 0.496 e. The molecule has 1 aromatic carbocycles. The molecule has 0 aliphatic carbocycles. The molecule has 0 aliphatic rings. The predicted octanol–water partition coefficient (Wildman–Crippen LogP) is 2.40. The number of ether oxygens (including phenoxy) is 1. The molecule has 0 bridgehead atoms. The van der Waals surface area contributed by atoms with Gasteiger partial charge in [-0.25, -0.2) is 4.79 Å². The normalized spacial score (nSPS) is 10.3. The van der Waals surface area contributed by atoms with Crippen LogP contribution in [0.1, 0.15) is 16.1 Å². The van der Waals surface area contributed by atoms with E-state index in [1.165, 1.54) is 6.07 Å². The smallest absolute Gasteiger partial charge is 0.356 e. The summed E-state index contributed by atoms with van der Waals surface area (Å²) in [5.74, 6) is -0.268. The van der Waals surface area contributed by atoms with Gasteiger partial charge in [-0.3, -0.25) is 4.68 Å².